The molecule has 6 heteroatoms. The SMILES string of the molecule is CN(Cc1ccc(Br)cc1)C(=O)CC(N)C(=O)O. The molecular weight excluding hydrogens is 300 g/mol. The predicted octanol–water partition coefficient (Wildman–Crippen LogP) is 1.21. The van der Waals surface area contributed by atoms with Crippen LogP contribution in [0.15, 0.2) is 28.7 Å². The molecule has 0 fully saturated rings. The number of carbonyl (C=O) groups excluding carboxylic acids is 1. The van der Waals surface area contributed by atoms with Gasteiger partial charge < -0.3 is 15.7 Å². The van der Waals surface area contributed by atoms with Gasteiger partial charge in [0, 0.05) is 18.1 Å². The van der Waals surface area contributed by atoms with Gasteiger partial charge in [0.15, 0.2) is 0 Å². The lowest BCUT2D eigenvalue weighted by atomic mass is 10.2. The second kappa shape index (κ2) is 6.51. The molecule has 3 N–H and O–H groups in total. The molecule has 0 aliphatic carbocycles. The normalized spacial score (nSPS) is 11.9. The zero-order valence-corrected chi connectivity index (χ0v) is 11.6. The number of amides is 1. The molecule has 0 heterocycles. The Morgan fingerprint density at radius 2 is 1.94 bits per heavy atom. The highest BCUT2D eigenvalue weighted by Gasteiger charge is 2.18. The Morgan fingerprint density at radius 1 is 1.39 bits per heavy atom. The third-order valence-corrected chi connectivity index (χ3v) is 3.00. The van der Waals surface area contributed by atoms with E-state index in [1.807, 2.05) is 24.3 Å². The van der Waals surface area contributed by atoms with Crippen LogP contribution in [0.1, 0.15) is 12.0 Å². The molecular formula is C12H15BrN2O3. The molecule has 18 heavy (non-hydrogen) atoms. The molecule has 0 saturated heterocycles. The van der Waals surface area contributed by atoms with E-state index in [1.165, 1.54) is 4.90 Å². The van der Waals surface area contributed by atoms with Crippen molar-refractivity contribution in [2.45, 2.75) is 19.0 Å². The van der Waals surface area contributed by atoms with Crippen LogP contribution in [0, 0.1) is 0 Å². The highest BCUT2D eigenvalue weighted by atomic mass is 79.9. The van der Waals surface area contributed by atoms with E-state index >= 15 is 0 Å². The van der Waals surface area contributed by atoms with Crippen LogP contribution in [0.3, 0.4) is 0 Å². The van der Waals surface area contributed by atoms with Crippen molar-refractivity contribution in [2.75, 3.05) is 7.05 Å². The van der Waals surface area contributed by atoms with Crippen molar-refractivity contribution in [1.82, 2.24) is 4.90 Å². The fraction of sp³-hybridized carbons (Fsp3) is 0.333. The second-order valence-electron chi connectivity index (χ2n) is 4.03. The molecule has 1 aromatic rings. The van der Waals surface area contributed by atoms with E-state index < -0.39 is 12.0 Å². The molecule has 0 aliphatic rings. The summed E-state index contributed by atoms with van der Waals surface area (Å²) in [5.74, 6) is -1.45. The molecule has 0 bridgehead atoms. The van der Waals surface area contributed by atoms with Crippen molar-refractivity contribution in [3.63, 3.8) is 0 Å². The van der Waals surface area contributed by atoms with E-state index in [0.29, 0.717) is 6.54 Å². The molecule has 1 unspecified atom stereocenters. The van der Waals surface area contributed by atoms with Crippen molar-refractivity contribution in [1.29, 1.82) is 0 Å². The van der Waals surface area contributed by atoms with Crippen molar-refractivity contribution in [3.8, 4) is 0 Å². The summed E-state index contributed by atoms with van der Waals surface area (Å²) in [6.07, 6.45) is -0.192. The van der Waals surface area contributed by atoms with E-state index in [4.69, 9.17) is 10.8 Å². The minimum absolute atomic E-state index is 0.192. The van der Waals surface area contributed by atoms with Gasteiger partial charge in [0.1, 0.15) is 6.04 Å². The van der Waals surface area contributed by atoms with Crippen molar-refractivity contribution in [2.24, 2.45) is 5.73 Å². The maximum atomic E-state index is 11.7. The van der Waals surface area contributed by atoms with Gasteiger partial charge in [0.25, 0.3) is 0 Å². The number of nitrogens with zero attached hydrogens (tertiary/aromatic N) is 1. The number of nitrogens with two attached hydrogens (primary N) is 1. The summed E-state index contributed by atoms with van der Waals surface area (Å²) in [6, 6.07) is 6.41. The maximum absolute atomic E-state index is 11.7. The topological polar surface area (TPSA) is 83.6 Å². The van der Waals surface area contributed by atoms with Crippen molar-refractivity contribution in [3.05, 3.63) is 34.3 Å². The van der Waals surface area contributed by atoms with Crippen molar-refractivity contribution >= 4 is 27.8 Å². The minimum atomic E-state index is -1.17. The number of hydrogen-bond acceptors (Lipinski definition) is 3. The monoisotopic (exact) mass is 314 g/mol. The number of benzene rings is 1. The van der Waals surface area contributed by atoms with Crippen molar-refractivity contribution < 1.29 is 14.7 Å². The summed E-state index contributed by atoms with van der Waals surface area (Å²) >= 11 is 3.33. The van der Waals surface area contributed by atoms with E-state index in [2.05, 4.69) is 15.9 Å². The summed E-state index contributed by atoms with van der Waals surface area (Å²) in [5, 5.41) is 8.63. The summed E-state index contributed by atoms with van der Waals surface area (Å²) < 4.78 is 0.966. The van der Waals surface area contributed by atoms with Crippen LogP contribution in [0.25, 0.3) is 0 Å². The largest absolute Gasteiger partial charge is 0.480 e. The summed E-state index contributed by atoms with van der Waals surface area (Å²) in [5.41, 5.74) is 6.29. The lowest BCUT2D eigenvalue weighted by molar-refractivity contribution is -0.142. The first-order chi connectivity index (χ1) is 8.40. The molecule has 0 aliphatic heterocycles. The Kier molecular flexibility index (Phi) is 5.30. The standard InChI is InChI=1S/C12H15BrN2O3/c1-15(11(16)6-10(14)12(17)18)7-8-2-4-9(13)5-3-8/h2-5,10H,6-7,14H2,1H3,(H,17,18). The molecule has 1 rings (SSSR count). The van der Waals surface area contributed by atoms with E-state index in [-0.39, 0.29) is 12.3 Å². The number of hydrogen-bond donors (Lipinski definition) is 2. The maximum Gasteiger partial charge on any atom is 0.321 e. The van der Waals surface area contributed by atoms with Gasteiger partial charge >= 0.3 is 5.97 Å². The molecule has 5 nitrogen and oxygen atoms in total. The van der Waals surface area contributed by atoms with Gasteiger partial charge in [0.2, 0.25) is 5.91 Å². The zero-order valence-electron chi connectivity index (χ0n) is 9.97. The fourth-order valence-corrected chi connectivity index (χ4v) is 1.65. The third kappa shape index (κ3) is 4.46. The first-order valence-corrected chi connectivity index (χ1v) is 6.16. The number of carboxylic acid groups (broad SMARTS) is 1. The van der Waals surface area contributed by atoms with Crippen LogP contribution in [0.5, 0.6) is 0 Å². The van der Waals surface area contributed by atoms with Crippen LogP contribution in [0.4, 0.5) is 0 Å². The van der Waals surface area contributed by atoms with Crippen LogP contribution < -0.4 is 5.73 Å². The molecule has 0 spiro atoms. The first-order valence-electron chi connectivity index (χ1n) is 5.37. The smallest absolute Gasteiger partial charge is 0.321 e. The third-order valence-electron chi connectivity index (χ3n) is 2.47. The summed E-state index contributed by atoms with van der Waals surface area (Å²) in [7, 11) is 1.62. The highest BCUT2D eigenvalue weighted by Crippen LogP contribution is 2.12. The molecule has 0 radical (unpaired) electrons. The van der Waals surface area contributed by atoms with Gasteiger partial charge in [-0.3, -0.25) is 9.59 Å². The van der Waals surface area contributed by atoms with Gasteiger partial charge in [-0.15, -0.1) is 0 Å². The Balaban J connectivity index is 2.54. The van der Waals surface area contributed by atoms with Gasteiger partial charge in [0.05, 0.1) is 6.42 Å². The van der Waals surface area contributed by atoms with Crippen LogP contribution in [-0.2, 0) is 16.1 Å². The van der Waals surface area contributed by atoms with E-state index in [9.17, 15) is 9.59 Å². The number of carbonyl (C=O) groups is 2. The molecule has 98 valence electrons. The number of rotatable bonds is 5. The average molecular weight is 315 g/mol. The molecule has 1 atom stereocenters. The van der Waals surface area contributed by atoms with E-state index in [0.717, 1.165) is 10.0 Å². The zero-order chi connectivity index (χ0) is 13.7. The van der Waals surface area contributed by atoms with Crippen LogP contribution >= 0.6 is 15.9 Å². The average Bonchev–Trinajstić information content (AvgIpc) is 2.31. The Labute approximate surface area is 114 Å². The molecule has 1 aromatic carbocycles. The highest BCUT2D eigenvalue weighted by molar-refractivity contribution is 9.10. The van der Waals surface area contributed by atoms with Gasteiger partial charge in [-0.05, 0) is 17.7 Å². The molecule has 0 aromatic heterocycles. The second-order valence-corrected chi connectivity index (χ2v) is 4.94. The number of aliphatic carboxylic acids is 1. The summed E-state index contributed by atoms with van der Waals surface area (Å²) in [6.45, 7) is 0.429. The Bertz CT molecular complexity index is 433. The minimum Gasteiger partial charge on any atom is -0.480 e. The number of halogens is 1. The Hall–Kier alpha value is -1.40. The molecule has 0 saturated carbocycles. The Morgan fingerprint density at radius 3 is 2.44 bits per heavy atom. The number of carboxylic acids is 1. The fourth-order valence-electron chi connectivity index (χ4n) is 1.38. The van der Waals surface area contributed by atoms with E-state index in [1.54, 1.807) is 7.05 Å². The van der Waals surface area contributed by atoms with Gasteiger partial charge in [-0.1, -0.05) is 28.1 Å². The van der Waals surface area contributed by atoms with Gasteiger partial charge in [-0.2, -0.15) is 0 Å². The molecule has 1 amide bonds. The van der Waals surface area contributed by atoms with Crippen LogP contribution in [-0.4, -0.2) is 35.0 Å². The first kappa shape index (κ1) is 14.7. The lowest BCUT2D eigenvalue weighted by Gasteiger charge is -2.18. The quantitative estimate of drug-likeness (QED) is 0.855. The van der Waals surface area contributed by atoms with Gasteiger partial charge in [-0.25, -0.2) is 0 Å². The van der Waals surface area contributed by atoms with Crippen LogP contribution in [0.2, 0.25) is 0 Å². The predicted molar refractivity (Wildman–Crippen MR) is 70.8 cm³/mol. The lowest BCUT2D eigenvalue weighted by Crippen LogP contribution is -2.37. The summed E-state index contributed by atoms with van der Waals surface area (Å²) in [4.78, 5) is 23.7.